The van der Waals surface area contributed by atoms with Crippen LogP contribution in [0.15, 0.2) is 0 Å². The summed E-state index contributed by atoms with van der Waals surface area (Å²) in [5.74, 6) is 0.156. The quantitative estimate of drug-likeness (QED) is 0.684. The highest BCUT2D eigenvalue weighted by molar-refractivity contribution is 5.73. The highest BCUT2D eigenvalue weighted by Crippen LogP contribution is 2.28. The van der Waals surface area contributed by atoms with Crippen LogP contribution in [0.25, 0.3) is 0 Å². The van der Waals surface area contributed by atoms with Crippen molar-refractivity contribution < 1.29 is 14.6 Å². The van der Waals surface area contributed by atoms with Gasteiger partial charge in [-0.15, -0.1) is 0 Å². The molecular weight excluding hydrogens is 208 g/mol. The lowest BCUT2D eigenvalue weighted by molar-refractivity contribution is -0.152. The number of carbonyl (C=O) groups excluding carboxylic acids is 1. The summed E-state index contributed by atoms with van der Waals surface area (Å²) >= 11 is 0. The van der Waals surface area contributed by atoms with Crippen molar-refractivity contribution in [3.05, 3.63) is 0 Å². The van der Waals surface area contributed by atoms with Crippen LogP contribution >= 0.6 is 0 Å². The molecular formula is C11H20N2O3. The summed E-state index contributed by atoms with van der Waals surface area (Å²) in [5.41, 5.74) is -0.0433. The normalized spacial score (nSPS) is 25.2. The molecule has 0 aromatic rings. The number of amides is 1. The number of hydrogen-bond acceptors (Lipinski definition) is 4. The van der Waals surface area contributed by atoms with Gasteiger partial charge in [0.1, 0.15) is 0 Å². The van der Waals surface area contributed by atoms with E-state index in [0.717, 1.165) is 32.7 Å². The van der Waals surface area contributed by atoms with Gasteiger partial charge in [0, 0.05) is 39.6 Å². The SMILES string of the molecule is CC(=O)N1CCN(CC2(CO)COC2)CC1. The topological polar surface area (TPSA) is 53.0 Å². The Balaban J connectivity index is 1.79. The molecule has 5 heteroatoms. The predicted molar refractivity (Wildman–Crippen MR) is 59.0 cm³/mol. The lowest BCUT2D eigenvalue weighted by atomic mass is 9.86. The monoisotopic (exact) mass is 228 g/mol. The Labute approximate surface area is 96.0 Å². The predicted octanol–water partition coefficient (Wildman–Crippen LogP) is -0.841. The van der Waals surface area contributed by atoms with E-state index in [2.05, 4.69) is 4.90 Å². The molecule has 0 atom stereocenters. The minimum absolute atomic E-state index is 0.0433. The van der Waals surface area contributed by atoms with Crippen LogP contribution in [-0.2, 0) is 9.53 Å². The van der Waals surface area contributed by atoms with Gasteiger partial charge >= 0.3 is 0 Å². The maximum Gasteiger partial charge on any atom is 0.219 e. The van der Waals surface area contributed by atoms with E-state index in [1.54, 1.807) is 6.92 Å². The molecule has 2 aliphatic rings. The zero-order valence-electron chi connectivity index (χ0n) is 9.81. The largest absolute Gasteiger partial charge is 0.396 e. The van der Waals surface area contributed by atoms with Gasteiger partial charge in [-0.3, -0.25) is 9.69 Å². The summed E-state index contributed by atoms with van der Waals surface area (Å²) in [5, 5.41) is 9.34. The van der Waals surface area contributed by atoms with Crippen LogP contribution in [0.1, 0.15) is 6.92 Å². The van der Waals surface area contributed by atoms with Crippen molar-refractivity contribution in [1.82, 2.24) is 9.80 Å². The zero-order valence-corrected chi connectivity index (χ0v) is 9.81. The van der Waals surface area contributed by atoms with E-state index in [4.69, 9.17) is 4.74 Å². The van der Waals surface area contributed by atoms with E-state index in [1.807, 2.05) is 4.90 Å². The number of nitrogens with zero attached hydrogens (tertiary/aromatic N) is 2. The molecule has 0 saturated carbocycles. The number of aliphatic hydroxyl groups is 1. The van der Waals surface area contributed by atoms with Crippen LogP contribution in [0, 0.1) is 5.41 Å². The smallest absolute Gasteiger partial charge is 0.219 e. The van der Waals surface area contributed by atoms with Crippen molar-refractivity contribution >= 4 is 5.91 Å². The van der Waals surface area contributed by atoms with Gasteiger partial charge in [-0.2, -0.15) is 0 Å². The maximum atomic E-state index is 11.2. The van der Waals surface area contributed by atoms with E-state index in [-0.39, 0.29) is 17.9 Å². The van der Waals surface area contributed by atoms with Gasteiger partial charge in [0.15, 0.2) is 0 Å². The number of aliphatic hydroxyl groups excluding tert-OH is 1. The number of ether oxygens (including phenoxy) is 1. The fourth-order valence-corrected chi connectivity index (χ4v) is 2.32. The maximum absolute atomic E-state index is 11.2. The molecule has 0 unspecified atom stereocenters. The van der Waals surface area contributed by atoms with E-state index < -0.39 is 0 Å². The Morgan fingerprint density at radius 2 is 1.94 bits per heavy atom. The number of piperazine rings is 1. The van der Waals surface area contributed by atoms with E-state index >= 15 is 0 Å². The second-order valence-electron chi connectivity index (χ2n) is 4.93. The van der Waals surface area contributed by atoms with Crippen molar-refractivity contribution in [2.75, 3.05) is 52.5 Å². The molecule has 92 valence electrons. The number of hydrogen-bond donors (Lipinski definition) is 1. The standard InChI is InChI=1S/C11H20N2O3/c1-10(15)13-4-2-12(3-5-13)6-11(7-14)8-16-9-11/h14H,2-9H2,1H3. The third kappa shape index (κ3) is 2.36. The van der Waals surface area contributed by atoms with Crippen molar-refractivity contribution in [2.45, 2.75) is 6.92 Å². The molecule has 2 heterocycles. The summed E-state index contributed by atoms with van der Waals surface area (Å²) in [6, 6.07) is 0. The Morgan fingerprint density at radius 3 is 2.31 bits per heavy atom. The Bertz CT molecular complexity index is 252. The molecule has 5 nitrogen and oxygen atoms in total. The summed E-state index contributed by atoms with van der Waals surface area (Å²) in [4.78, 5) is 15.4. The number of rotatable bonds is 3. The van der Waals surface area contributed by atoms with E-state index in [1.165, 1.54) is 0 Å². The van der Waals surface area contributed by atoms with Gasteiger partial charge in [0.2, 0.25) is 5.91 Å². The summed E-state index contributed by atoms with van der Waals surface area (Å²) in [6.07, 6.45) is 0. The van der Waals surface area contributed by atoms with E-state index in [0.29, 0.717) is 13.2 Å². The summed E-state index contributed by atoms with van der Waals surface area (Å²) < 4.78 is 5.18. The molecule has 0 aromatic carbocycles. The molecule has 0 spiro atoms. The highest BCUT2D eigenvalue weighted by Gasteiger charge is 2.40. The highest BCUT2D eigenvalue weighted by atomic mass is 16.5. The van der Waals surface area contributed by atoms with Crippen molar-refractivity contribution in [1.29, 1.82) is 0 Å². The number of carbonyl (C=O) groups is 1. The van der Waals surface area contributed by atoms with Crippen LogP contribution < -0.4 is 0 Å². The molecule has 1 amide bonds. The van der Waals surface area contributed by atoms with Crippen LogP contribution in [0.5, 0.6) is 0 Å². The minimum Gasteiger partial charge on any atom is -0.396 e. The van der Waals surface area contributed by atoms with Crippen LogP contribution in [0.3, 0.4) is 0 Å². The van der Waals surface area contributed by atoms with E-state index in [9.17, 15) is 9.90 Å². The Morgan fingerprint density at radius 1 is 1.31 bits per heavy atom. The Kier molecular flexibility index (Phi) is 3.47. The van der Waals surface area contributed by atoms with Crippen molar-refractivity contribution in [3.63, 3.8) is 0 Å². The molecule has 0 radical (unpaired) electrons. The fraction of sp³-hybridized carbons (Fsp3) is 0.909. The fourth-order valence-electron chi connectivity index (χ4n) is 2.32. The first kappa shape index (κ1) is 11.8. The zero-order chi connectivity index (χ0) is 11.6. The third-order valence-electron chi connectivity index (χ3n) is 3.53. The second-order valence-corrected chi connectivity index (χ2v) is 4.93. The third-order valence-corrected chi connectivity index (χ3v) is 3.53. The molecule has 0 aliphatic carbocycles. The average molecular weight is 228 g/mol. The average Bonchev–Trinajstić information content (AvgIpc) is 2.24. The van der Waals surface area contributed by atoms with Gasteiger partial charge in [-0.1, -0.05) is 0 Å². The molecule has 1 N–H and O–H groups in total. The van der Waals surface area contributed by atoms with Gasteiger partial charge in [0.25, 0.3) is 0 Å². The first-order chi connectivity index (χ1) is 7.65. The molecule has 2 rings (SSSR count). The lowest BCUT2D eigenvalue weighted by Gasteiger charge is -2.45. The Hall–Kier alpha value is -0.650. The van der Waals surface area contributed by atoms with Gasteiger partial charge in [-0.25, -0.2) is 0 Å². The molecule has 16 heavy (non-hydrogen) atoms. The molecule has 2 aliphatic heterocycles. The van der Waals surface area contributed by atoms with Gasteiger partial charge < -0.3 is 14.7 Å². The first-order valence-corrected chi connectivity index (χ1v) is 5.82. The minimum atomic E-state index is -0.0433. The van der Waals surface area contributed by atoms with Crippen molar-refractivity contribution in [3.8, 4) is 0 Å². The van der Waals surface area contributed by atoms with Crippen molar-refractivity contribution in [2.24, 2.45) is 5.41 Å². The van der Waals surface area contributed by atoms with Crippen LogP contribution in [0.2, 0.25) is 0 Å². The van der Waals surface area contributed by atoms with Crippen LogP contribution in [-0.4, -0.2) is 73.4 Å². The van der Waals surface area contributed by atoms with Gasteiger partial charge in [0.05, 0.1) is 25.2 Å². The van der Waals surface area contributed by atoms with Gasteiger partial charge in [-0.05, 0) is 0 Å². The molecule has 2 fully saturated rings. The second kappa shape index (κ2) is 4.69. The molecule has 2 saturated heterocycles. The first-order valence-electron chi connectivity index (χ1n) is 5.82. The molecule has 0 bridgehead atoms. The summed E-state index contributed by atoms with van der Waals surface area (Å²) in [7, 11) is 0. The molecule has 0 aromatic heterocycles. The van der Waals surface area contributed by atoms with Crippen LogP contribution in [0.4, 0.5) is 0 Å². The lowest BCUT2D eigenvalue weighted by Crippen LogP contribution is -2.57. The summed E-state index contributed by atoms with van der Waals surface area (Å²) in [6.45, 7) is 7.44.